The van der Waals surface area contributed by atoms with Crippen LogP contribution in [0.25, 0.3) is 0 Å². The van der Waals surface area contributed by atoms with Gasteiger partial charge in [-0.15, -0.1) is 11.3 Å². The molecule has 0 spiro atoms. The molecule has 0 radical (unpaired) electrons. The highest BCUT2D eigenvalue weighted by Crippen LogP contribution is 2.28. The van der Waals surface area contributed by atoms with Gasteiger partial charge in [-0.05, 0) is 37.6 Å². The normalized spacial score (nSPS) is 10.2. The lowest BCUT2D eigenvalue weighted by atomic mass is 10.2. The van der Waals surface area contributed by atoms with E-state index in [4.69, 9.17) is 9.47 Å². The molecule has 1 amide bonds. The second kappa shape index (κ2) is 9.80. The van der Waals surface area contributed by atoms with Crippen LogP contribution in [0.4, 0.5) is 5.13 Å². The zero-order valence-corrected chi connectivity index (χ0v) is 15.5. The van der Waals surface area contributed by atoms with Gasteiger partial charge in [-0.1, -0.05) is 11.6 Å². The fraction of sp³-hybridized carbons (Fsp3) is 0.333. The first kappa shape index (κ1) is 19.0. The fourth-order valence-corrected chi connectivity index (χ4v) is 2.55. The SMILES string of the molecule is COc1cc(CNCC(=O)Nc2nccs2)ccc1OCC=C(C)C. The third-order valence-electron chi connectivity index (χ3n) is 3.25. The van der Waals surface area contributed by atoms with Gasteiger partial charge in [0.15, 0.2) is 16.6 Å². The van der Waals surface area contributed by atoms with Crippen LogP contribution < -0.4 is 20.1 Å². The van der Waals surface area contributed by atoms with Gasteiger partial charge in [-0.25, -0.2) is 4.98 Å². The Balaban J connectivity index is 1.83. The van der Waals surface area contributed by atoms with Gasteiger partial charge in [-0.3, -0.25) is 4.79 Å². The number of carbonyl (C=O) groups excluding carboxylic acids is 1. The maximum Gasteiger partial charge on any atom is 0.240 e. The van der Waals surface area contributed by atoms with Crippen LogP contribution in [-0.2, 0) is 11.3 Å². The summed E-state index contributed by atoms with van der Waals surface area (Å²) in [6.45, 7) is 5.32. The molecular formula is C18H23N3O3S. The summed E-state index contributed by atoms with van der Waals surface area (Å²) in [5.74, 6) is 1.25. The summed E-state index contributed by atoms with van der Waals surface area (Å²) in [4.78, 5) is 15.8. The van der Waals surface area contributed by atoms with E-state index in [1.165, 1.54) is 16.9 Å². The number of allylic oxidation sites excluding steroid dienone is 1. The highest BCUT2D eigenvalue weighted by Gasteiger charge is 2.07. The summed E-state index contributed by atoms with van der Waals surface area (Å²) in [6.07, 6.45) is 3.66. The number of thiazole rings is 1. The van der Waals surface area contributed by atoms with Crippen LogP contribution in [0.2, 0.25) is 0 Å². The average Bonchev–Trinajstić information content (AvgIpc) is 3.08. The molecule has 0 saturated heterocycles. The molecular weight excluding hydrogens is 338 g/mol. The highest BCUT2D eigenvalue weighted by molar-refractivity contribution is 7.13. The lowest BCUT2D eigenvalue weighted by Gasteiger charge is -2.12. The van der Waals surface area contributed by atoms with Gasteiger partial charge in [0.1, 0.15) is 6.61 Å². The van der Waals surface area contributed by atoms with E-state index >= 15 is 0 Å². The molecule has 0 unspecified atom stereocenters. The van der Waals surface area contributed by atoms with Crippen LogP contribution in [0.5, 0.6) is 11.5 Å². The third kappa shape index (κ3) is 6.56. The van der Waals surface area contributed by atoms with Gasteiger partial charge in [-0.2, -0.15) is 0 Å². The molecule has 0 aliphatic rings. The molecule has 2 N–H and O–H groups in total. The van der Waals surface area contributed by atoms with Gasteiger partial charge >= 0.3 is 0 Å². The minimum atomic E-state index is -0.122. The number of aromatic nitrogens is 1. The molecule has 7 heteroatoms. The first-order valence-electron chi connectivity index (χ1n) is 7.91. The molecule has 0 bridgehead atoms. The predicted molar refractivity (Wildman–Crippen MR) is 100 cm³/mol. The van der Waals surface area contributed by atoms with Crippen molar-refractivity contribution in [3.05, 3.63) is 47.0 Å². The van der Waals surface area contributed by atoms with Crippen LogP contribution in [0, 0.1) is 0 Å². The standard InChI is InChI=1S/C18H23N3O3S/c1-13(2)6-8-24-15-5-4-14(10-16(15)23-3)11-19-12-17(22)21-18-20-7-9-25-18/h4-7,9-10,19H,8,11-12H2,1-3H3,(H,20,21,22). The Morgan fingerprint density at radius 2 is 2.16 bits per heavy atom. The molecule has 1 heterocycles. The largest absolute Gasteiger partial charge is 0.493 e. The molecule has 6 nitrogen and oxygen atoms in total. The molecule has 0 aliphatic carbocycles. The monoisotopic (exact) mass is 361 g/mol. The second-order valence-electron chi connectivity index (χ2n) is 5.57. The summed E-state index contributed by atoms with van der Waals surface area (Å²) in [5, 5.41) is 8.25. The van der Waals surface area contributed by atoms with E-state index in [1.54, 1.807) is 13.3 Å². The highest BCUT2D eigenvalue weighted by atomic mass is 32.1. The Kier molecular flexibility index (Phi) is 7.43. The summed E-state index contributed by atoms with van der Waals surface area (Å²) in [5.41, 5.74) is 2.21. The van der Waals surface area contributed by atoms with Crippen molar-refractivity contribution in [2.24, 2.45) is 0 Å². The number of carbonyl (C=O) groups is 1. The van der Waals surface area contributed by atoms with Crippen molar-refractivity contribution in [3.8, 4) is 11.5 Å². The minimum absolute atomic E-state index is 0.122. The molecule has 1 aromatic heterocycles. The number of methoxy groups -OCH3 is 1. The summed E-state index contributed by atoms with van der Waals surface area (Å²) < 4.78 is 11.1. The van der Waals surface area contributed by atoms with Crippen LogP contribution >= 0.6 is 11.3 Å². The summed E-state index contributed by atoms with van der Waals surface area (Å²) in [7, 11) is 1.61. The Bertz CT molecular complexity index is 710. The van der Waals surface area contributed by atoms with Crippen LogP contribution in [0.3, 0.4) is 0 Å². The van der Waals surface area contributed by atoms with E-state index in [2.05, 4.69) is 15.6 Å². The summed E-state index contributed by atoms with van der Waals surface area (Å²) in [6, 6.07) is 5.74. The van der Waals surface area contributed by atoms with E-state index in [0.717, 1.165) is 5.56 Å². The molecule has 0 aliphatic heterocycles. The number of anilines is 1. The maximum atomic E-state index is 11.8. The van der Waals surface area contributed by atoms with Crippen molar-refractivity contribution >= 4 is 22.4 Å². The number of nitrogens with zero attached hydrogens (tertiary/aromatic N) is 1. The molecule has 1 aromatic carbocycles. The van der Waals surface area contributed by atoms with Crippen molar-refractivity contribution in [1.82, 2.24) is 10.3 Å². The van der Waals surface area contributed by atoms with Gasteiger partial charge < -0.3 is 20.1 Å². The Labute approximate surface area is 151 Å². The molecule has 0 atom stereocenters. The first-order valence-corrected chi connectivity index (χ1v) is 8.79. The zero-order chi connectivity index (χ0) is 18.1. The van der Waals surface area contributed by atoms with Crippen molar-refractivity contribution in [1.29, 1.82) is 0 Å². The van der Waals surface area contributed by atoms with E-state index in [9.17, 15) is 4.79 Å². The predicted octanol–water partition coefficient (Wildman–Crippen LogP) is 3.23. The van der Waals surface area contributed by atoms with E-state index in [-0.39, 0.29) is 12.5 Å². The van der Waals surface area contributed by atoms with Crippen LogP contribution in [0.15, 0.2) is 41.4 Å². The molecule has 0 fully saturated rings. The quantitative estimate of drug-likeness (QED) is 0.671. The first-order chi connectivity index (χ1) is 12.1. The lowest BCUT2D eigenvalue weighted by molar-refractivity contribution is -0.115. The number of nitrogens with one attached hydrogen (secondary N) is 2. The number of ether oxygens (including phenoxy) is 2. The minimum Gasteiger partial charge on any atom is -0.493 e. The Hall–Kier alpha value is -2.38. The van der Waals surface area contributed by atoms with Crippen molar-refractivity contribution in [2.45, 2.75) is 20.4 Å². The number of benzene rings is 1. The molecule has 2 rings (SSSR count). The topological polar surface area (TPSA) is 72.5 Å². The summed E-state index contributed by atoms with van der Waals surface area (Å²) >= 11 is 1.39. The molecule has 0 saturated carbocycles. The van der Waals surface area contributed by atoms with Gasteiger partial charge in [0, 0.05) is 18.1 Å². The second-order valence-corrected chi connectivity index (χ2v) is 6.46. The lowest BCUT2D eigenvalue weighted by Crippen LogP contribution is -2.27. The number of rotatable bonds is 9. The van der Waals surface area contributed by atoms with Crippen LogP contribution in [0.1, 0.15) is 19.4 Å². The van der Waals surface area contributed by atoms with Crippen molar-refractivity contribution < 1.29 is 14.3 Å². The molecule has 2 aromatic rings. The maximum absolute atomic E-state index is 11.8. The Morgan fingerprint density at radius 1 is 1.32 bits per heavy atom. The van der Waals surface area contributed by atoms with E-state index in [1.807, 2.05) is 43.5 Å². The van der Waals surface area contributed by atoms with Gasteiger partial charge in [0.05, 0.1) is 13.7 Å². The smallest absolute Gasteiger partial charge is 0.240 e. The van der Waals surface area contributed by atoms with E-state index in [0.29, 0.717) is 29.8 Å². The van der Waals surface area contributed by atoms with Gasteiger partial charge in [0.2, 0.25) is 5.91 Å². The number of amides is 1. The number of hydrogen-bond donors (Lipinski definition) is 2. The van der Waals surface area contributed by atoms with Crippen molar-refractivity contribution in [3.63, 3.8) is 0 Å². The zero-order valence-electron chi connectivity index (χ0n) is 14.7. The number of hydrogen-bond acceptors (Lipinski definition) is 6. The van der Waals surface area contributed by atoms with Crippen LogP contribution in [-0.4, -0.2) is 31.2 Å². The average molecular weight is 361 g/mol. The van der Waals surface area contributed by atoms with Gasteiger partial charge in [0.25, 0.3) is 0 Å². The van der Waals surface area contributed by atoms with E-state index < -0.39 is 0 Å². The molecule has 25 heavy (non-hydrogen) atoms. The Morgan fingerprint density at radius 3 is 2.84 bits per heavy atom. The fourth-order valence-electron chi connectivity index (χ4n) is 2.01. The third-order valence-corrected chi connectivity index (χ3v) is 3.94. The van der Waals surface area contributed by atoms with Crippen molar-refractivity contribution in [2.75, 3.05) is 25.6 Å². The molecule has 134 valence electrons.